The van der Waals surface area contributed by atoms with Gasteiger partial charge in [0.25, 0.3) is 0 Å². The second-order valence-electron chi connectivity index (χ2n) is 6.17. The summed E-state index contributed by atoms with van der Waals surface area (Å²) in [6, 6.07) is 0. The number of hydrogen-bond acceptors (Lipinski definition) is 6. The molecule has 0 unspecified atom stereocenters. The van der Waals surface area contributed by atoms with E-state index in [1.807, 2.05) is 48.1 Å². The highest BCUT2D eigenvalue weighted by Crippen LogP contribution is 2.10. The molecule has 0 atom stereocenters. The van der Waals surface area contributed by atoms with Crippen molar-refractivity contribution in [3.05, 3.63) is 0 Å². The molecule has 7 heteroatoms. The zero-order chi connectivity index (χ0) is 17.7. The van der Waals surface area contributed by atoms with E-state index in [-0.39, 0.29) is 18.3 Å². The smallest absolute Gasteiger partial charge is 0.376 e. The molecule has 0 saturated heterocycles. The second-order valence-corrected chi connectivity index (χ2v) is 8.76. The minimum atomic E-state index is -2.71. The summed E-state index contributed by atoms with van der Waals surface area (Å²) in [4.78, 5) is 0. The Kier molecular flexibility index (Phi) is 13.3. The Hall–Kier alpha value is -0.0231. The van der Waals surface area contributed by atoms with Crippen molar-refractivity contribution in [2.24, 2.45) is 0 Å². The topological polar surface area (TPSA) is 55.4 Å². The highest BCUT2D eigenvalue weighted by atomic mass is 28.4. The fourth-order valence-electron chi connectivity index (χ4n) is 1.66. The van der Waals surface area contributed by atoms with Crippen LogP contribution in [0.2, 0.25) is 6.55 Å². The molecule has 0 N–H and O–H groups in total. The van der Waals surface area contributed by atoms with Crippen LogP contribution >= 0.6 is 0 Å². The SMILES string of the molecule is CC(C)OCCO[Si](C)(OCCOC(C)C)OCCOC(C)C. The zero-order valence-corrected chi connectivity index (χ0v) is 16.9. The first-order chi connectivity index (χ1) is 10.7. The van der Waals surface area contributed by atoms with Gasteiger partial charge in [0, 0.05) is 6.55 Å². The van der Waals surface area contributed by atoms with E-state index in [0.29, 0.717) is 39.6 Å². The maximum absolute atomic E-state index is 5.85. The van der Waals surface area contributed by atoms with Gasteiger partial charge in [-0.05, 0) is 41.5 Å². The lowest BCUT2D eigenvalue weighted by atomic mass is 10.5. The van der Waals surface area contributed by atoms with Crippen molar-refractivity contribution in [1.82, 2.24) is 0 Å². The Morgan fingerprint density at radius 3 is 1.00 bits per heavy atom. The van der Waals surface area contributed by atoms with Crippen LogP contribution in [-0.4, -0.2) is 66.8 Å². The van der Waals surface area contributed by atoms with Gasteiger partial charge in [-0.2, -0.15) is 0 Å². The molecular formula is C16H36O6Si. The summed E-state index contributed by atoms with van der Waals surface area (Å²) in [7, 11) is -2.71. The minimum Gasteiger partial charge on any atom is -0.376 e. The van der Waals surface area contributed by atoms with E-state index >= 15 is 0 Å². The van der Waals surface area contributed by atoms with Gasteiger partial charge in [-0.25, -0.2) is 0 Å². The molecule has 0 aromatic heterocycles. The maximum atomic E-state index is 5.85. The summed E-state index contributed by atoms with van der Waals surface area (Å²) >= 11 is 0. The van der Waals surface area contributed by atoms with Crippen LogP contribution in [0.4, 0.5) is 0 Å². The van der Waals surface area contributed by atoms with Crippen LogP contribution in [0.15, 0.2) is 0 Å². The third-order valence-electron chi connectivity index (χ3n) is 2.70. The van der Waals surface area contributed by atoms with Gasteiger partial charge in [-0.3, -0.25) is 0 Å². The molecule has 0 fully saturated rings. The Morgan fingerprint density at radius 2 is 0.783 bits per heavy atom. The first-order valence-electron chi connectivity index (χ1n) is 8.52. The summed E-state index contributed by atoms with van der Waals surface area (Å²) < 4.78 is 34.0. The predicted molar refractivity (Wildman–Crippen MR) is 92.7 cm³/mol. The van der Waals surface area contributed by atoms with Gasteiger partial charge < -0.3 is 27.5 Å². The lowest BCUT2D eigenvalue weighted by Gasteiger charge is -2.26. The lowest BCUT2D eigenvalue weighted by molar-refractivity contribution is -0.0149. The van der Waals surface area contributed by atoms with Crippen molar-refractivity contribution >= 4 is 8.80 Å². The van der Waals surface area contributed by atoms with Crippen molar-refractivity contribution in [3.63, 3.8) is 0 Å². The third-order valence-corrected chi connectivity index (χ3v) is 4.88. The molecule has 0 heterocycles. The van der Waals surface area contributed by atoms with E-state index in [2.05, 4.69) is 0 Å². The molecule has 0 aromatic carbocycles. The summed E-state index contributed by atoms with van der Waals surface area (Å²) in [6.07, 6.45) is 0.562. The molecule has 0 bridgehead atoms. The number of ether oxygens (including phenoxy) is 3. The predicted octanol–water partition coefficient (Wildman–Crippen LogP) is 2.88. The monoisotopic (exact) mass is 352 g/mol. The van der Waals surface area contributed by atoms with E-state index < -0.39 is 8.80 Å². The lowest BCUT2D eigenvalue weighted by Crippen LogP contribution is -2.45. The Labute approximate surface area is 143 Å². The van der Waals surface area contributed by atoms with E-state index in [1.165, 1.54) is 0 Å². The third kappa shape index (κ3) is 15.3. The average Bonchev–Trinajstić information content (AvgIpc) is 2.44. The highest BCUT2D eigenvalue weighted by molar-refractivity contribution is 6.59. The number of rotatable bonds is 15. The fourth-order valence-corrected chi connectivity index (χ4v) is 3.27. The molecule has 0 aliphatic carbocycles. The summed E-state index contributed by atoms with van der Waals surface area (Å²) in [5.74, 6) is 0. The zero-order valence-electron chi connectivity index (χ0n) is 15.9. The van der Waals surface area contributed by atoms with Gasteiger partial charge in [-0.15, -0.1) is 0 Å². The molecule has 0 aliphatic rings. The fraction of sp³-hybridized carbons (Fsp3) is 1.00. The molecule has 6 nitrogen and oxygen atoms in total. The minimum absolute atomic E-state index is 0.187. The van der Waals surface area contributed by atoms with Gasteiger partial charge in [0.2, 0.25) is 0 Å². The molecule has 0 spiro atoms. The van der Waals surface area contributed by atoms with Gasteiger partial charge in [0.05, 0.1) is 58.0 Å². The van der Waals surface area contributed by atoms with Gasteiger partial charge in [-0.1, -0.05) is 0 Å². The van der Waals surface area contributed by atoms with Crippen LogP contribution in [0, 0.1) is 0 Å². The summed E-state index contributed by atoms with van der Waals surface area (Å²) in [6.45, 7) is 16.8. The molecule has 0 saturated carbocycles. The van der Waals surface area contributed by atoms with Crippen LogP contribution in [0.1, 0.15) is 41.5 Å². The van der Waals surface area contributed by atoms with Crippen LogP contribution in [0.3, 0.4) is 0 Å². The average molecular weight is 353 g/mol. The van der Waals surface area contributed by atoms with Gasteiger partial charge in [0.15, 0.2) is 0 Å². The first-order valence-corrected chi connectivity index (χ1v) is 10.7. The molecule has 0 aromatic rings. The Bertz CT molecular complexity index is 233. The quantitative estimate of drug-likeness (QED) is 0.334. The van der Waals surface area contributed by atoms with Crippen molar-refractivity contribution < 1.29 is 27.5 Å². The Morgan fingerprint density at radius 1 is 0.522 bits per heavy atom. The normalized spacial score (nSPS) is 12.8. The van der Waals surface area contributed by atoms with Crippen molar-refractivity contribution in [2.75, 3.05) is 39.6 Å². The molecular weight excluding hydrogens is 316 g/mol. The van der Waals surface area contributed by atoms with Gasteiger partial charge >= 0.3 is 8.80 Å². The van der Waals surface area contributed by atoms with Gasteiger partial charge in [0.1, 0.15) is 0 Å². The summed E-state index contributed by atoms with van der Waals surface area (Å²) in [5.41, 5.74) is 0. The van der Waals surface area contributed by atoms with Crippen LogP contribution in [-0.2, 0) is 27.5 Å². The van der Waals surface area contributed by atoms with Crippen LogP contribution in [0.25, 0.3) is 0 Å². The van der Waals surface area contributed by atoms with E-state index in [9.17, 15) is 0 Å². The summed E-state index contributed by atoms with van der Waals surface area (Å²) in [5, 5.41) is 0. The van der Waals surface area contributed by atoms with E-state index in [4.69, 9.17) is 27.5 Å². The van der Waals surface area contributed by atoms with Crippen molar-refractivity contribution in [3.8, 4) is 0 Å². The maximum Gasteiger partial charge on any atom is 0.497 e. The van der Waals surface area contributed by atoms with Crippen LogP contribution < -0.4 is 0 Å². The van der Waals surface area contributed by atoms with Crippen LogP contribution in [0.5, 0.6) is 0 Å². The molecule has 0 rings (SSSR count). The molecule has 0 aliphatic heterocycles. The Balaban J connectivity index is 4.16. The second kappa shape index (κ2) is 13.3. The van der Waals surface area contributed by atoms with E-state index in [0.717, 1.165) is 0 Å². The standard InChI is InChI=1S/C16H36O6Si/c1-14(2)17-8-11-20-23(7,21-12-9-18-15(3)4)22-13-10-19-16(5)6/h14-16H,8-13H2,1-7H3. The first kappa shape index (κ1) is 23.0. The molecule has 23 heavy (non-hydrogen) atoms. The molecule has 140 valence electrons. The van der Waals surface area contributed by atoms with Crippen molar-refractivity contribution in [2.45, 2.75) is 66.4 Å². The highest BCUT2D eigenvalue weighted by Gasteiger charge is 2.34. The largest absolute Gasteiger partial charge is 0.497 e. The van der Waals surface area contributed by atoms with E-state index in [1.54, 1.807) is 0 Å². The molecule has 0 amide bonds. The molecule has 0 radical (unpaired) electrons. The van der Waals surface area contributed by atoms with Crippen molar-refractivity contribution in [1.29, 1.82) is 0 Å². The number of hydrogen-bond donors (Lipinski definition) is 0.